The van der Waals surface area contributed by atoms with Gasteiger partial charge >= 0.3 is 18.0 Å². The molecule has 1 aliphatic heterocycles. The molecule has 1 aliphatic rings. The van der Waals surface area contributed by atoms with Crippen LogP contribution in [0.3, 0.4) is 0 Å². The third-order valence-electron chi connectivity index (χ3n) is 7.47. The lowest BCUT2D eigenvalue weighted by atomic mass is 9.94. The molecule has 3 aromatic rings. The second-order valence-electron chi connectivity index (χ2n) is 10.8. The molecule has 1 atom stereocenters. The molecule has 0 spiro atoms. The standard InChI is InChI=1S/C33H36N4O8/c1-20-6-3-4-8-24(20)35-33(44)36-25-11-9-21(16-28(25)45-2)17-30(39)37-15-5-7-23-18-22(10-12-27(23)37)26(19-32(42)43)34-29(38)13-14-31(40)41/h3-4,6,8-12,16,18,26H,5,7,13-15,17,19H2,1-2H3,(H,34,38)(H,40,41)(H,42,43)(H2,35,36,44). The molecule has 3 aromatic carbocycles. The highest BCUT2D eigenvalue weighted by atomic mass is 16.5. The van der Waals surface area contributed by atoms with Crippen molar-refractivity contribution >= 4 is 46.8 Å². The van der Waals surface area contributed by atoms with Crippen LogP contribution in [0.2, 0.25) is 0 Å². The van der Waals surface area contributed by atoms with Gasteiger partial charge in [-0.25, -0.2) is 4.79 Å². The summed E-state index contributed by atoms with van der Waals surface area (Å²) < 4.78 is 5.49. The number of hydrogen-bond donors (Lipinski definition) is 5. The fraction of sp³-hybridized carbons (Fsp3) is 0.303. The normalized spacial score (nSPS) is 12.8. The smallest absolute Gasteiger partial charge is 0.323 e. The van der Waals surface area contributed by atoms with Crippen molar-refractivity contribution in [3.63, 3.8) is 0 Å². The highest BCUT2D eigenvalue weighted by molar-refractivity contribution is 6.01. The number of anilines is 3. The number of aryl methyl sites for hydroxylation is 2. The Hall–Kier alpha value is -5.39. The fourth-order valence-electron chi connectivity index (χ4n) is 5.21. The molecule has 12 heteroatoms. The molecule has 0 aromatic heterocycles. The average Bonchev–Trinajstić information content (AvgIpc) is 3.00. The number of aliphatic carboxylic acids is 2. The zero-order valence-electron chi connectivity index (χ0n) is 25.1. The zero-order valence-corrected chi connectivity index (χ0v) is 25.1. The maximum atomic E-state index is 13.5. The van der Waals surface area contributed by atoms with Gasteiger partial charge in [0.05, 0.1) is 38.1 Å². The highest BCUT2D eigenvalue weighted by Crippen LogP contribution is 2.32. The summed E-state index contributed by atoms with van der Waals surface area (Å²) in [5, 5.41) is 26.5. The number of methoxy groups -OCH3 is 1. The quantitative estimate of drug-likeness (QED) is 0.195. The number of ether oxygens (including phenoxy) is 1. The molecule has 4 amide bonds. The Morgan fingerprint density at radius 2 is 1.67 bits per heavy atom. The molecule has 0 saturated carbocycles. The van der Waals surface area contributed by atoms with Gasteiger partial charge in [-0.15, -0.1) is 0 Å². The van der Waals surface area contributed by atoms with Gasteiger partial charge in [-0.2, -0.15) is 0 Å². The van der Waals surface area contributed by atoms with Gasteiger partial charge in [-0.05, 0) is 66.3 Å². The second-order valence-corrected chi connectivity index (χ2v) is 10.8. The predicted molar refractivity (Wildman–Crippen MR) is 168 cm³/mol. The summed E-state index contributed by atoms with van der Waals surface area (Å²) in [6.07, 6.45) is 0.439. The molecule has 0 bridgehead atoms. The first-order valence-corrected chi connectivity index (χ1v) is 14.5. The number of para-hydroxylation sites is 1. The Morgan fingerprint density at radius 1 is 0.911 bits per heavy atom. The number of carbonyl (C=O) groups is 5. The molecule has 0 aliphatic carbocycles. The molecule has 45 heavy (non-hydrogen) atoms. The van der Waals surface area contributed by atoms with Crippen LogP contribution in [0.15, 0.2) is 60.7 Å². The third-order valence-corrected chi connectivity index (χ3v) is 7.47. The van der Waals surface area contributed by atoms with Crippen LogP contribution in [0.1, 0.15) is 54.0 Å². The minimum absolute atomic E-state index is 0.0779. The monoisotopic (exact) mass is 616 g/mol. The molecular formula is C33H36N4O8. The first kappa shape index (κ1) is 32.5. The summed E-state index contributed by atoms with van der Waals surface area (Å²) in [6, 6.07) is 16.5. The number of carbonyl (C=O) groups excluding carboxylic acids is 3. The Kier molecular flexibility index (Phi) is 10.7. The molecule has 4 rings (SSSR count). The first-order valence-electron chi connectivity index (χ1n) is 14.5. The van der Waals surface area contributed by atoms with Crippen LogP contribution in [0.4, 0.5) is 21.9 Å². The van der Waals surface area contributed by atoms with Crippen molar-refractivity contribution < 1.29 is 38.9 Å². The number of fused-ring (bicyclic) bond motifs is 1. The van der Waals surface area contributed by atoms with E-state index in [9.17, 15) is 29.1 Å². The second kappa shape index (κ2) is 14.9. The van der Waals surface area contributed by atoms with Crippen LogP contribution in [0.5, 0.6) is 5.75 Å². The number of urea groups is 1. The van der Waals surface area contributed by atoms with Gasteiger partial charge in [0.2, 0.25) is 11.8 Å². The molecule has 0 saturated heterocycles. The van der Waals surface area contributed by atoms with E-state index in [1.165, 1.54) is 7.11 Å². The summed E-state index contributed by atoms with van der Waals surface area (Å²) in [7, 11) is 1.48. The molecule has 236 valence electrons. The lowest BCUT2D eigenvalue weighted by molar-refractivity contribution is -0.140. The van der Waals surface area contributed by atoms with Crippen molar-refractivity contribution in [1.82, 2.24) is 5.32 Å². The van der Waals surface area contributed by atoms with Crippen molar-refractivity contribution in [3.05, 3.63) is 82.9 Å². The topological polar surface area (TPSA) is 174 Å². The molecule has 5 N–H and O–H groups in total. The SMILES string of the molecule is COc1cc(CC(=O)N2CCCc3cc(C(CC(=O)O)NC(=O)CCC(=O)O)ccc32)ccc1NC(=O)Nc1ccccc1C. The van der Waals surface area contributed by atoms with Crippen LogP contribution in [-0.2, 0) is 32.0 Å². The third kappa shape index (κ3) is 8.82. The van der Waals surface area contributed by atoms with Crippen molar-refractivity contribution in [2.24, 2.45) is 0 Å². The molecule has 0 radical (unpaired) electrons. The summed E-state index contributed by atoms with van der Waals surface area (Å²) in [5.41, 5.74) is 4.86. The average molecular weight is 617 g/mol. The summed E-state index contributed by atoms with van der Waals surface area (Å²) in [6.45, 7) is 2.40. The number of amides is 4. The number of carboxylic acid groups (broad SMARTS) is 2. The summed E-state index contributed by atoms with van der Waals surface area (Å²) in [5.74, 6) is -2.53. The van der Waals surface area contributed by atoms with Gasteiger partial charge in [0, 0.05) is 24.3 Å². The lowest BCUT2D eigenvalue weighted by Crippen LogP contribution is -2.37. The fourth-order valence-corrected chi connectivity index (χ4v) is 5.21. The van der Waals surface area contributed by atoms with Gasteiger partial charge in [0.1, 0.15) is 5.75 Å². The predicted octanol–water partition coefficient (Wildman–Crippen LogP) is 4.67. The molecular weight excluding hydrogens is 580 g/mol. The van der Waals surface area contributed by atoms with E-state index < -0.39 is 29.9 Å². The largest absolute Gasteiger partial charge is 0.495 e. The van der Waals surface area contributed by atoms with Gasteiger partial charge in [0.25, 0.3) is 0 Å². The number of rotatable bonds is 12. The Balaban J connectivity index is 1.45. The lowest BCUT2D eigenvalue weighted by Gasteiger charge is -2.31. The highest BCUT2D eigenvalue weighted by Gasteiger charge is 2.26. The number of benzene rings is 3. The van der Waals surface area contributed by atoms with Gasteiger partial charge in [-0.3, -0.25) is 19.2 Å². The van der Waals surface area contributed by atoms with Crippen LogP contribution < -0.4 is 25.6 Å². The van der Waals surface area contributed by atoms with Crippen LogP contribution in [0.25, 0.3) is 0 Å². The van der Waals surface area contributed by atoms with E-state index in [0.717, 1.165) is 11.1 Å². The van der Waals surface area contributed by atoms with E-state index in [4.69, 9.17) is 9.84 Å². The molecule has 1 heterocycles. The van der Waals surface area contributed by atoms with E-state index >= 15 is 0 Å². The summed E-state index contributed by atoms with van der Waals surface area (Å²) >= 11 is 0. The van der Waals surface area contributed by atoms with Crippen LogP contribution in [0, 0.1) is 6.92 Å². The molecule has 12 nitrogen and oxygen atoms in total. The Bertz CT molecular complexity index is 1610. The van der Waals surface area contributed by atoms with Crippen molar-refractivity contribution in [1.29, 1.82) is 0 Å². The number of carboxylic acids is 2. The van der Waals surface area contributed by atoms with Gasteiger partial charge in [0.15, 0.2) is 0 Å². The minimum atomic E-state index is -1.12. The van der Waals surface area contributed by atoms with E-state index in [1.807, 2.05) is 25.1 Å². The van der Waals surface area contributed by atoms with E-state index in [0.29, 0.717) is 53.3 Å². The van der Waals surface area contributed by atoms with Crippen molar-refractivity contribution in [2.45, 2.75) is 51.5 Å². The Morgan fingerprint density at radius 3 is 2.38 bits per heavy atom. The zero-order chi connectivity index (χ0) is 32.5. The van der Waals surface area contributed by atoms with Gasteiger partial charge < -0.3 is 35.8 Å². The maximum absolute atomic E-state index is 13.5. The Labute approximate surface area is 260 Å². The number of hydrogen-bond acceptors (Lipinski definition) is 6. The molecule has 1 unspecified atom stereocenters. The van der Waals surface area contributed by atoms with Crippen molar-refractivity contribution in [2.75, 3.05) is 29.2 Å². The maximum Gasteiger partial charge on any atom is 0.323 e. The van der Waals surface area contributed by atoms with Crippen LogP contribution >= 0.6 is 0 Å². The summed E-state index contributed by atoms with van der Waals surface area (Å²) in [4.78, 5) is 62.4. The van der Waals surface area contributed by atoms with E-state index in [1.54, 1.807) is 47.4 Å². The first-order chi connectivity index (χ1) is 21.5. The van der Waals surface area contributed by atoms with Crippen LogP contribution in [-0.4, -0.2) is 53.7 Å². The van der Waals surface area contributed by atoms with E-state index in [-0.39, 0.29) is 31.6 Å². The number of nitrogens with one attached hydrogen (secondary N) is 3. The minimum Gasteiger partial charge on any atom is -0.495 e. The number of nitrogens with zero attached hydrogens (tertiary/aromatic N) is 1. The van der Waals surface area contributed by atoms with Gasteiger partial charge in [-0.1, -0.05) is 36.4 Å². The van der Waals surface area contributed by atoms with E-state index in [2.05, 4.69) is 16.0 Å². The molecule has 0 fully saturated rings. The van der Waals surface area contributed by atoms with Crippen molar-refractivity contribution in [3.8, 4) is 5.75 Å².